The smallest absolute Gasteiger partial charge is 0.493 e. The minimum absolute atomic E-state index is 0.0199. The molecule has 0 bridgehead atoms. The normalized spacial score (nSPS) is 13.1. The summed E-state index contributed by atoms with van der Waals surface area (Å²) in [4.78, 5) is 0. The Labute approximate surface area is 129 Å². The van der Waals surface area contributed by atoms with E-state index in [0.717, 1.165) is 5.56 Å². The first-order chi connectivity index (χ1) is 9.73. The molecule has 0 saturated carbocycles. The van der Waals surface area contributed by atoms with E-state index in [9.17, 15) is 13.2 Å². The Morgan fingerprint density at radius 2 is 1.95 bits per heavy atom. The summed E-state index contributed by atoms with van der Waals surface area (Å²) in [5, 5.41) is 0. The van der Waals surface area contributed by atoms with E-state index < -0.39 is 13.0 Å². The zero-order chi connectivity index (χ0) is 16.0. The summed E-state index contributed by atoms with van der Waals surface area (Å²) in [7, 11) is 1.45. The van der Waals surface area contributed by atoms with E-state index in [1.807, 2.05) is 6.92 Å². The molecule has 21 heavy (non-hydrogen) atoms. The maximum atomic E-state index is 11.9. The Kier molecular flexibility index (Phi) is 6.76. The lowest BCUT2D eigenvalue weighted by atomic mass is 10.1. The number of nitrogens with two attached hydrogens (primary N) is 1. The summed E-state index contributed by atoms with van der Waals surface area (Å²) in [6, 6.07) is 3.52. The molecule has 0 spiro atoms. The fourth-order valence-corrected chi connectivity index (χ4v) is 2.31. The molecule has 1 rings (SSSR count). The van der Waals surface area contributed by atoms with Crippen LogP contribution in [0.3, 0.4) is 0 Å². The van der Waals surface area contributed by atoms with Crippen LogP contribution in [0.1, 0.15) is 12.5 Å². The number of halogens is 4. The zero-order valence-corrected chi connectivity index (χ0v) is 13.3. The Bertz CT molecular complexity index is 467. The number of ether oxygens (including phenoxy) is 3. The topological polar surface area (TPSA) is 53.7 Å². The quantitative estimate of drug-likeness (QED) is 0.747. The number of methoxy groups -OCH3 is 1. The van der Waals surface area contributed by atoms with Crippen LogP contribution in [0.15, 0.2) is 16.6 Å². The summed E-state index contributed by atoms with van der Waals surface area (Å²) in [5.41, 5.74) is 6.67. The van der Waals surface area contributed by atoms with Crippen LogP contribution in [-0.4, -0.2) is 32.7 Å². The molecule has 0 saturated heterocycles. The third-order valence-corrected chi connectivity index (χ3v) is 3.03. The second kappa shape index (κ2) is 7.86. The van der Waals surface area contributed by atoms with Crippen molar-refractivity contribution < 1.29 is 27.4 Å². The third-order valence-electron chi connectivity index (χ3n) is 2.44. The highest BCUT2D eigenvalue weighted by atomic mass is 79.9. The zero-order valence-electron chi connectivity index (χ0n) is 11.7. The van der Waals surface area contributed by atoms with Gasteiger partial charge in [0.05, 0.1) is 18.2 Å². The van der Waals surface area contributed by atoms with Gasteiger partial charge in [-0.05, 0) is 47.0 Å². The molecule has 0 amide bonds. The molecule has 2 N–H and O–H groups in total. The Balaban J connectivity index is 2.73. The van der Waals surface area contributed by atoms with Gasteiger partial charge in [0.2, 0.25) is 0 Å². The van der Waals surface area contributed by atoms with Crippen LogP contribution in [0.2, 0.25) is 0 Å². The van der Waals surface area contributed by atoms with Crippen LogP contribution < -0.4 is 15.2 Å². The van der Waals surface area contributed by atoms with Crippen LogP contribution in [0.4, 0.5) is 13.2 Å². The van der Waals surface area contributed by atoms with E-state index in [2.05, 4.69) is 20.7 Å². The molecule has 0 aromatic heterocycles. The highest BCUT2D eigenvalue weighted by Gasteiger charge is 2.28. The van der Waals surface area contributed by atoms with Gasteiger partial charge < -0.3 is 15.2 Å². The number of benzene rings is 1. The maximum Gasteiger partial charge on any atom is 0.522 e. The standard InChI is InChI=1S/C13H17BrF3NO3/c1-8(18)5-9-6-10(14)12(11(7-9)19-2)20-3-4-21-13(15,16)17/h6-8H,3-5,18H2,1-2H3. The van der Waals surface area contributed by atoms with Crippen molar-refractivity contribution in [1.82, 2.24) is 0 Å². The largest absolute Gasteiger partial charge is 0.522 e. The van der Waals surface area contributed by atoms with Gasteiger partial charge >= 0.3 is 6.36 Å². The van der Waals surface area contributed by atoms with E-state index >= 15 is 0 Å². The predicted molar refractivity (Wildman–Crippen MR) is 75.5 cm³/mol. The molecule has 1 aromatic rings. The van der Waals surface area contributed by atoms with E-state index in [1.54, 1.807) is 12.1 Å². The maximum absolute atomic E-state index is 11.9. The molecular weight excluding hydrogens is 355 g/mol. The lowest BCUT2D eigenvalue weighted by Gasteiger charge is -2.15. The van der Waals surface area contributed by atoms with Crippen LogP contribution in [0.5, 0.6) is 11.5 Å². The average Bonchev–Trinajstić information content (AvgIpc) is 2.33. The molecular formula is C13H17BrF3NO3. The molecule has 0 aliphatic carbocycles. The first-order valence-electron chi connectivity index (χ1n) is 6.18. The van der Waals surface area contributed by atoms with E-state index in [4.69, 9.17) is 15.2 Å². The van der Waals surface area contributed by atoms with Gasteiger partial charge in [-0.2, -0.15) is 0 Å². The molecule has 4 nitrogen and oxygen atoms in total. The van der Waals surface area contributed by atoms with Crippen molar-refractivity contribution in [3.63, 3.8) is 0 Å². The Morgan fingerprint density at radius 3 is 2.48 bits per heavy atom. The van der Waals surface area contributed by atoms with E-state index in [1.165, 1.54) is 7.11 Å². The van der Waals surface area contributed by atoms with Gasteiger partial charge in [0.25, 0.3) is 0 Å². The molecule has 0 radical (unpaired) electrons. The van der Waals surface area contributed by atoms with E-state index in [0.29, 0.717) is 22.4 Å². The summed E-state index contributed by atoms with van der Waals surface area (Å²) >= 11 is 3.31. The molecule has 1 unspecified atom stereocenters. The van der Waals surface area contributed by atoms with Crippen molar-refractivity contribution in [1.29, 1.82) is 0 Å². The van der Waals surface area contributed by atoms with Crippen LogP contribution in [0, 0.1) is 0 Å². The van der Waals surface area contributed by atoms with Gasteiger partial charge in [-0.3, -0.25) is 4.74 Å². The summed E-state index contributed by atoms with van der Waals surface area (Å²) in [6.45, 7) is 1.03. The highest BCUT2D eigenvalue weighted by molar-refractivity contribution is 9.10. The van der Waals surface area contributed by atoms with Gasteiger partial charge in [-0.15, -0.1) is 13.2 Å². The van der Waals surface area contributed by atoms with Crippen molar-refractivity contribution in [3.05, 3.63) is 22.2 Å². The molecule has 120 valence electrons. The minimum Gasteiger partial charge on any atom is -0.493 e. The highest BCUT2D eigenvalue weighted by Crippen LogP contribution is 2.37. The van der Waals surface area contributed by atoms with Gasteiger partial charge in [-0.25, -0.2) is 0 Å². The number of hydrogen-bond acceptors (Lipinski definition) is 4. The summed E-state index contributed by atoms with van der Waals surface area (Å²) in [6.07, 6.45) is -4.02. The molecule has 0 fully saturated rings. The molecule has 1 aromatic carbocycles. The minimum atomic E-state index is -4.66. The van der Waals surface area contributed by atoms with E-state index in [-0.39, 0.29) is 12.6 Å². The summed E-state index contributed by atoms with van der Waals surface area (Å²) in [5.74, 6) is 0.753. The lowest BCUT2D eigenvalue weighted by Crippen LogP contribution is -2.19. The molecule has 0 aliphatic rings. The predicted octanol–water partition coefficient (Wildman–Crippen LogP) is 3.26. The fourth-order valence-electron chi connectivity index (χ4n) is 1.70. The van der Waals surface area contributed by atoms with Gasteiger partial charge in [0.15, 0.2) is 11.5 Å². The molecule has 0 heterocycles. The average molecular weight is 372 g/mol. The van der Waals surface area contributed by atoms with Crippen molar-refractivity contribution in [3.8, 4) is 11.5 Å². The van der Waals surface area contributed by atoms with Gasteiger partial charge in [0.1, 0.15) is 6.61 Å². The van der Waals surface area contributed by atoms with Crippen molar-refractivity contribution in [2.24, 2.45) is 5.73 Å². The van der Waals surface area contributed by atoms with Gasteiger partial charge in [0, 0.05) is 6.04 Å². The van der Waals surface area contributed by atoms with Gasteiger partial charge in [-0.1, -0.05) is 0 Å². The fraction of sp³-hybridized carbons (Fsp3) is 0.538. The van der Waals surface area contributed by atoms with Crippen LogP contribution >= 0.6 is 15.9 Å². The second-order valence-corrected chi connectivity index (χ2v) is 5.29. The molecule has 1 atom stereocenters. The monoisotopic (exact) mass is 371 g/mol. The van der Waals surface area contributed by atoms with Crippen molar-refractivity contribution in [2.75, 3.05) is 20.3 Å². The molecule has 0 aliphatic heterocycles. The second-order valence-electron chi connectivity index (χ2n) is 4.43. The number of alkyl halides is 3. The lowest BCUT2D eigenvalue weighted by molar-refractivity contribution is -0.325. The first-order valence-corrected chi connectivity index (χ1v) is 6.97. The van der Waals surface area contributed by atoms with Crippen molar-refractivity contribution >= 4 is 15.9 Å². The SMILES string of the molecule is COc1cc(CC(C)N)cc(Br)c1OCCOC(F)(F)F. The number of hydrogen-bond donors (Lipinski definition) is 1. The van der Waals surface area contributed by atoms with Crippen molar-refractivity contribution in [2.45, 2.75) is 25.7 Å². The Morgan fingerprint density at radius 1 is 1.29 bits per heavy atom. The summed E-state index contributed by atoms with van der Waals surface area (Å²) < 4.78 is 50.3. The van der Waals surface area contributed by atoms with Crippen LogP contribution in [0.25, 0.3) is 0 Å². The van der Waals surface area contributed by atoms with Crippen LogP contribution in [-0.2, 0) is 11.2 Å². The Hall–Kier alpha value is -0.990. The first kappa shape index (κ1) is 18.1. The molecule has 8 heteroatoms. The third kappa shape index (κ3) is 6.54. The number of rotatable bonds is 7.